The Bertz CT molecular complexity index is 576. The van der Waals surface area contributed by atoms with Crippen LogP contribution in [0.1, 0.15) is 258 Å². The summed E-state index contributed by atoms with van der Waals surface area (Å²) in [5, 5.41) is 17.1. The Morgan fingerprint density at radius 3 is 0.522 bits per heavy atom. The van der Waals surface area contributed by atoms with Crippen LogP contribution in [0.4, 0.5) is 0 Å². The number of carboxylic acid groups (broad SMARTS) is 2. The molecule has 46 heavy (non-hydrogen) atoms. The van der Waals surface area contributed by atoms with Gasteiger partial charge in [-0.2, -0.15) is 0 Å². The Morgan fingerprint density at radius 1 is 0.261 bits per heavy atom. The first-order valence-corrected chi connectivity index (χ1v) is 21.0. The highest BCUT2D eigenvalue weighted by molar-refractivity contribution is 5.66. The van der Waals surface area contributed by atoms with E-state index in [0.717, 1.165) is 25.7 Å². The maximum Gasteiger partial charge on any atom is 0.303 e. The number of hydrogen-bond donors (Lipinski definition) is 2. The Morgan fingerprint density at radius 2 is 0.391 bits per heavy atom. The molecule has 0 radical (unpaired) electrons. The molecule has 0 unspecified atom stereocenters. The molecule has 0 saturated carbocycles. The van der Waals surface area contributed by atoms with Gasteiger partial charge in [0.05, 0.1) is 0 Å². The van der Waals surface area contributed by atoms with E-state index >= 15 is 0 Å². The van der Waals surface area contributed by atoms with E-state index in [1.807, 2.05) is 0 Å². The van der Waals surface area contributed by atoms with Gasteiger partial charge in [0.25, 0.3) is 0 Å². The van der Waals surface area contributed by atoms with E-state index < -0.39 is 11.9 Å². The van der Waals surface area contributed by atoms with Gasteiger partial charge in [-0.15, -0.1) is 0 Å². The van der Waals surface area contributed by atoms with Gasteiger partial charge in [-0.25, -0.2) is 0 Å². The molecule has 0 heterocycles. The largest absolute Gasteiger partial charge is 0.481 e. The quantitative estimate of drug-likeness (QED) is 0.0651. The minimum atomic E-state index is -0.655. The highest BCUT2D eigenvalue weighted by Gasteiger charge is 1.99. The van der Waals surface area contributed by atoms with Gasteiger partial charge in [0.15, 0.2) is 0 Å². The fraction of sp³-hybridized carbons (Fsp3) is 0.952. The van der Waals surface area contributed by atoms with E-state index in [1.54, 1.807) is 0 Å². The van der Waals surface area contributed by atoms with Gasteiger partial charge in [-0.3, -0.25) is 9.59 Å². The third-order valence-electron chi connectivity index (χ3n) is 9.49. The molecule has 0 aliphatic heterocycles. The third kappa shape index (κ3) is 49.8. The zero-order valence-electron chi connectivity index (χ0n) is 31.6. The van der Waals surface area contributed by atoms with Crippen LogP contribution in [-0.2, 0) is 9.59 Å². The number of carbonyl (C=O) groups is 2. The summed E-state index contributed by atoms with van der Waals surface area (Å²) in [6, 6.07) is 0. The summed E-state index contributed by atoms with van der Waals surface area (Å²) in [7, 11) is 0. The van der Waals surface area contributed by atoms with Crippen molar-refractivity contribution in [3.05, 3.63) is 0 Å². The molecule has 0 atom stereocenters. The number of hydrogen-bond acceptors (Lipinski definition) is 2. The lowest BCUT2D eigenvalue weighted by Gasteiger charge is -2.04. The molecule has 0 fully saturated rings. The summed E-state index contributed by atoms with van der Waals surface area (Å²) in [6.07, 6.45) is 49.3. The summed E-state index contributed by atoms with van der Waals surface area (Å²) in [6.45, 7) is 4.55. The third-order valence-corrected chi connectivity index (χ3v) is 9.49. The first kappa shape index (κ1) is 47.1. The maximum absolute atomic E-state index is 10.4. The van der Waals surface area contributed by atoms with Crippen LogP contribution in [0.5, 0.6) is 0 Å². The number of rotatable bonds is 38. The van der Waals surface area contributed by atoms with Crippen molar-refractivity contribution in [1.82, 2.24) is 0 Å². The minimum absolute atomic E-state index is 0.345. The molecule has 0 rings (SSSR count). The Balaban J connectivity index is 0. The van der Waals surface area contributed by atoms with E-state index in [-0.39, 0.29) is 0 Å². The van der Waals surface area contributed by atoms with E-state index in [4.69, 9.17) is 10.2 Å². The van der Waals surface area contributed by atoms with Crippen molar-refractivity contribution in [3.8, 4) is 0 Å². The average Bonchev–Trinajstić information content (AvgIpc) is 3.03. The topological polar surface area (TPSA) is 74.6 Å². The molecule has 0 aromatic rings. The van der Waals surface area contributed by atoms with Crippen LogP contribution in [0.3, 0.4) is 0 Å². The fourth-order valence-corrected chi connectivity index (χ4v) is 6.36. The molecule has 0 aliphatic rings. The fourth-order valence-electron chi connectivity index (χ4n) is 6.36. The second-order valence-electron chi connectivity index (χ2n) is 14.3. The molecule has 0 aliphatic carbocycles. The van der Waals surface area contributed by atoms with Gasteiger partial charge in [-0.05, 0) is 12.8 Å². The molecule has 0 amide bonds. The van der Waals surface area contributed by atoms with E-state index in [9.17, 15) is 9.59 Å². The molecule has 276 valence electrons. The molecule has 4 heteroatoms. The van der Waals surface area contributed by atoms with Crippen LogP contribution in [0.2, 0.25) is 0 Å². The molecule has 0 saturated heterocycles. The van der Waals surface area contributed by atoms with Crippen LogP contribution >= 0.6 is 0 Å². The molecule has 0 aromatic carbocycles. The molecule has 0 bridgehead atoms. The van der Waals surface area contributed by atoms with E-state index in [1.165, 1.54) is 205 Å². The maximum atomic E-state index is 10.4. The van der Waals surface area contributed by atoms with Crippen LogP contribution in [0.25, 0.3) is 0 Å². The predicted molar refractivity (Wildman–Crippen MR) is 202 cm³/mol. The van der Waals surface area contributed by atoms with Crippen molar-refractivity contribution in [2.75, 3.05) is 0 Å². The number of carboxylic acids is 2. The molecule has 2 N–H and O–H groups in total. The second-order valence-corrected chi connectivity index (χ2v) is 14.3. The Kier molecular flexibility index (Phi) is 45.0. The van der Waals surface area contributed by atoms with Gasteiger partial charge in [-0.1, -0.05) is 232 Å². The van der Waals surface area contributed by atoms with Crippen molar-refractivity contribution >= 4 is 11.9 Å². The van der Waals surface area contributed by atoms with E-state index in [2.05, 4.69) is 13.8 Å². The van der Waals surface area contributed by atoms with Gasteiger partial charge in [0.1, 0.15) is 0 Å². The first-order valence-electron chi connectivity index (χ1n) is 21.0. The highest BCUT2D eigenvalue weighted by atomic mass is 16.4. The zero-order chi connectivity index (χ0) is 34.0. The molecular weight excluding hydrogens is 568 g/mol. The SMILES string of the molecule is CCCCCCCCCCCCCCCC(=O)O.CCCCCCCCCCCCCCCCCCCCCCCCCC(=O)O. The van der Waals surface area contributed by atoms with Crippen LogP contribution in [-0.4, -0.2) is 22.2 Å². The van der Waals surface area contributed by atoms with Crippen LogP contribution in [0.15, 0.2) is 0 Å². The normalized spacial score (nSPS) is 11.0. The standard InChI is InChI=1S/C26H52O2.C16H32O2/c1-2-3-4-5-6-7-8-9-10-11-12-13-14-15-16-17-18-19-20-21-22-23-24-25-26(27)28;1-2-3-4-5-6-7-8-9-10-11-12-13-14-15-16(17)18/h2-25H2,1H3,(H,27,28);2-15H2,1H3,(H,17,18). The first-order chi connectivity index (χ1) is 22.5. The number of unbranched alkanes of at least 4 members (excludes halogenated alkanes) is 34. The molecule has 0 aromatic heterocycles. The van der Waals surface area contributed by atoms with Crippen molar-refractivity contribution in [1.29, 1.82) is 0 Å². The van der Waals surface area contributed by atoms with Crippen molar-refractivity contribution in [3.63, 3.8) is 0 Å². The van der Waals surface area contributed by atoms with Gasteiger partial charge >= 0.3 is 11.9 Å². The summed E-state index contributed by atoms with van der Waals surface area (Å²) in [5.41, 5.74) is 0. The lowest BCUT2D eigenvalue weighted by Crippen LogP contribution is -1.93. The zero-order valence-corrected chi connectivity index (χ0v) is 31.6. The molecular formula is C42H84O4. The summed E-state index contributed by atoms with van der Waals surface area (Å²) in [5.74, 6) is -1.30. The van der Waals surface area contributed by atoms with Crippen LogP contribution < -0.4 is 0 Å². The van der Waals surface area contributed by atoms with E-state index in [0.29, 0.717) is 12.8 Å². The Labute approximate surface area is 289 Å². The predicted octanol–water partition coefficient (Wildman–Crippen LogP) is 15.0. The van der Waals surface area contributed by atoms with Gasteiger partial charge in [0.2, 0.25) is 0 Å². The number of aliphatic carboxylic acids is 2. The lowest BCUT2D eigenvalue weighted by atomic mass is 10.0. The summed E-state index contributed by atoms with van der Waals surface area (Å²) < 4.78 is 0. The molecule has 4 nitrogen and oxygen atoms in total. The lowest BCUT2D eigenvalue weighted by molar-refractivity contribution is -0.138. The van der Waals surface area contributed by atoms with Crippen molar-refractivity contribution in [2.24, 2.45) is 0 Å². The highest BCUT2D eigenvalue weighted by Crippen LogP contribution is 2.16. The Hall–Kier alpha value is -1.06. The van der Waals surface area contributed by atoms with Crippen molar-refractivity contribution < 1.29 is 19.8 Å². The second kappa shape index (κ2) is 43.9. The monoisotopic (exact) mass is 653 g/mol. The van der Waals surface area contributed by atoms with Gasteiger partial charge < -0.3 is 10.2 Å². The van der Waals surface area contributed by atoms with Crippen LogP contribution in [0, 0.1) is 0 Å². The van der Waals surface area contributed by atoms with Gasteiger partial charge in [0, 0.05) is 12.8 Å². The molecule has 0 spiro atoms. The smallest absolute Gasteiger partial charge is 0.303 e. The minimum Gasteiger partial charge on any atom is -0.481 e. The average molecular weight is 653 g/mol. The summed E-state index contributed by atoms with van der Waals surface area (Å²) in [4.78, 5) is 20.7. The van der Waals surface area contributed by atoms with Crippen molar-refractivity contribution in [2.45, 2.75) is 258 Å². The summed E-state index contributed by atoms with van der Waals surface area (Å²) >= 11 is 0.